The zero-order chi connectivity index (χ0) is 9.42. The van der Waals surface area contributed by atoms with E-state index in [1.54, 1.807) is 0 Å². The van der Waals surface area contributed by atoms with Crippen molar-refractivity contribution in [2.24, 2.45) is 0 Å². The van der Waals surface area contributed by atoms with Crippen LogP contribution in [0.15, 0.2) is 12.3 Å². The van der Waals surface area contributed by atoms with Crippen LogP contribution in [0.1, 0.15) is 16.1 Å². The molecule has 0 aromatic carbocycles. The van der Waals surface area contributed by atoms with Gasteiger partial charge in [-0.3, -0.25) is 19.9 Å². The highest BCUT2D eigenvalue weighted by Gasteiger charge is 2.23. The Hall–Kier alpha value is -1.78. The maximum atomic E-state index is 12.6. The van der Waals surface area contributed by atoms with Crippen LogP contribution < -0.4 is 5.32 Å². The van der Waals surface area contributed by atoms with Gasteiger partial charge in [-0.1, -0.05) is 0 Å². The highest BCUT2D eigenvalue weighted by molar-refractivity contribution is 6.09. The van der Waals surface area contributed by atoms with Crippen LogP contribution in [0, 0.1) is 5.82 Å². The van der Waals surface area contributed by atoms with Crippen LogP contribution in [0.2, 0.25) is 0 Å². The summed E-state index contributed by atoms with van der Waals surface area (Å²) in [5, 5.41) is 2.08. The minimum absolute atomic E-state index is 0.0291. The van der Waals surface area contributed by atoms with E-state index in [9.17, 15) is 14.0 Å². The lowest BCUT2D eigenvalue weighted by atomic mass is 10.1. The van der Waals surface area contributed by atoms with Crippen molar-refractivity contribution in [1.29, 1.82) is 0 Å². The second-order valence-corrected chi connectivity index (χ2v) is 2.70. The maximum absolute atomic E-state index is 12.6. The van der Waals surface area contributed by atoms with Crippen LogP contribution in [0.4, 0.5) is 4.39 Å². The number of halogens is 1. The molecule has 1 aliphatic rings. The lowest BCUT2D eigenvalue weighted by Gasteiger charge is -2.13. The van der Waals surface area contributed by atoms with Crippen molar-refractivity contribution in [2.45, 2.75) is 6.42 Å². The van der Waals surface area contributed by atoms with Gasteiger partial charge in [-0.2, -0.15) is 0 Å². The molecule has 2 heterocycles. The summed E-state index contributed by atoms with van der Waals surface area (Å²) < 4.78 is 12.6. The van der Waals surface area contributed by atoms with E-state index >= 15 is 0 Å². The first-order valence-corrected chi connectivity index (χ1v) is 3.65. The number of imide groups is 1. The van der Waals surface area contributed by atoms with Crippen LogP contribution in [0.25, 0.3) is 0 Å². The number of amides is 2. The Morgan fingerprint density at radius 1 is 1.46 bits per heavy atom. The molecule has 1 N–H and O–H groups in total. The first kappa shape index (κ1) is 7.85. The molecule has 0 atom stereocenters. The summed E-state index contributed by atoms with van der Waals surface area (Å²) >= 11 is 0. The summed E-state index contributed by atoms with van der Waals surface area (Å²) in [4.78, 5) is 25.6. The first-order valence-electron chi connectivity index (χ1n) is 3.65. The van der Waals surface area contributed by atoms with Gasteiger partial charge in [0.2, 0.25) is 5.91 Å². The van der Waals surface area contributed by atoms with E-state index in [4.69, 9.17) is 0 Å². The number of carbonyl (C=O) groups excluding carboxylic acids is 2. The van der Waals surface area contributed by atoms with Crippen molar-refractivity contribution in [2.75, 3.05) is 0 Å². The fourth-order valence-electron chi connectivity index (χ4n) is 1.20. The van der Waals surface area contributed by atoms with Crippen molar-refractivity contribution in [3.8, 4) is 0 Å². The van der Waals surface area contributed by atoms with E-state index in [2.05, 4.69) is 10.3 Å². The summed E-state index contributed by atoms with van der Waals surface area (Å²) in [6.07, 6.45) is 1.02. The molecule has 0 saturated carbocycles. The highest BCUT2D eigenvalue weighted by Crippen LogP contribution is 2.12. The van der Waals surface area contributed by atoms with Gasteiger partial charge in [0.25, 0.3) is 5.91 Å². The Morgan fingerprint density at radius 2 is 2.23 bits per heavy atom. The van der Waals surface area contributed by atoms with Gasteiger partial charge in [0, 0.05) is 0 Å². The predicted octanol–water partition coefficient (Wildman–Crippen LogP) is 0.0332. The molecule has 4 nitrogen and oxygen atoms in total. The minimum atomic E-state index is -0.585. The predicted molar refractivity (Wildman–Crippen MR) is 40.4 cm³/mol. The molecule has 5 heteroatoms. The zero-order valence-corrected chi connectivity index (χ0v) is 6.50. The molecule has 0 aliphatic carbocycles. The minimum Gasteiger partial charge on any atom is -0.292 e. The van der Waals surface area contributed by atoms with Crippen molar-refractivity contribution in [3.05, 3.63) is 29.3 Å². The largest absolute Gasteiger partial charge is 0.292 e. The van der Waals surface area contributed by atoms with Crippen LogP contribution in [0.3, 0.4) is 0 Å². The lowest BCUT2D eigenvalue weighted by molar-refractivity contribution is -0.119. The van der Waals surface area contributed by atoms with E-state index < -0.39 is 17.6 Å². The quantitative estimate of drug-likeness (QED) is 0.573. The van der Waals surface area contributed by atoms with Gasteiger partial charge in [0.1, 0.15) is 5.82 Å². The Balaban J connectivity index is 2.55. The summed E-state index contributed by atoms with van der Waals surface area (Å²) in [7, 11) is 0. The smallest absolute Gasteiger partial charge is 0.259 e. The molecule has 0 bridgehead atoms. The number of carbonyl (C=O) groups is 2. The molecule has 0 fully saturated rings. The average Bonchev–Trinajstić information content (AvgIpc) is 2.06. The van der Waals surface area contributed by atoms with Crippen LogP contribution >= 0.6 is 0 Å². The Kier molecular flexibility index (Phi) is 1.58. The van der Waals surface area contributed by atoms with Crippen LogP contribution in [-0.4, -0.2) is 16.8 Å². The second-order valence-electron chi connectivity index (χ2n) is 2.70. The first-order chi connectivity index (χ1) is 6.16. The van der Waals surface area contributed by atoms with E-state index in [1.807, 2.05) is 0 Å². The molecule has 2 rings (SSSR count). The normalized spacial score (nSPS) is 15.2. The number of hydrogen-bond donors (Lipinski definition) is 1. The summed E-state index contributed by atoms with van der Waals surface area (Å²) in [6.45, 7) is 0. The Morgan fingerprint density at radius 3 is 3.00 bits per heavy atom. The van der Waals surface area contributed by atoms with Crippen LogP contribution in [0.5, 0.6) is 0 Å². The Bertz CT molecular complexity index is 403. The molecule has 1 aromatic rings. The lowest BCUT2D eigenvalue weighted by Crippen LogP contribution is -2.37. The molecule has 2 amide bonds. The number of nitrogens with zero attached hydrogens (tertiary/aromatic N) is 1. The molecule has 0 unspecified atom stereocenters. The third-order valence-corrected chi connectivity index (χ3v) is 1.76. The molecule has 1 aliphatic heterocycles. The monoisotopic (exact) mass is 180 g/mol. The average molecular weight is 180 g/mol. The van der Waals surface area contributed by atoms with Crippen LogP contribution in [-0.2, 0) is 11.2 Å². The second kappa shape index (κ2) is 2.62. The van der Waals surface area contributed by atoms with Crippen molar-refractivity contribution < 1.29 is 14.0 Å². The number of nitrogens with one attached hydrogen (secondary N) is 1. The van der Waals surface area contributed by atoms with Crippen molar-refractivity contribution >= 4 is 11.8 Å². The van der Waals surface area contributed by atoms with Gasteiger partial charge in [0.05, 0.1) is 23.9 Å². The fraction of sp³-hybridized carbons (Fsp3) is 0.125. The van der Waals surface area contributed by atoms with Gasteiger partial charge in [-0.05, 0) is 6.07 Å². The molecule has 0 spiro atoms. The molecule has 1 aromatic heterocycles. The third-order valence-electron chi connectivity index (χ3n) is 1.76. The summed E-state index contributed by atoms with van der Waals surface area (Å²) in [6, 6.07) is 1.07. The number of hydrogen-bond acceptors (Lipinski definition) is 3. The van der Waals surface area contributed by atoms with E-state index in [-0.39, 0.29) is 12.0 Å². The van der Waals surface area contributed by atoms with Gasteiger partial charge >= 0.3 is 0 Å². The Labute approximate surface area is 72.8 Å². The summed E-state index contributed by atoms with van der Waals surface area (Å²) in [5.74, 6) is -1.57. The topological polar surface area (TPSA) is 59.1 Å². The standard InChI is InChI=1S/C8H5FN2O2/c9-4-1-5-6(10-3-4)2-7(12)11-8(5)13/h1,3H,2H2,(H,11,12,13). The summed E-state index contributed by atoms with van der Waals surface area (Å²) in [5.41, 5.74) is 0.467. The van der Waals surface area contributed by atoms with Crippen molar-refractivity contribution in [1.82, 2.24) is 10.3 Å². The molecular weight excluding hydrogens is 175 g/mol. The molecule has 66 valence electrons. The van der Waals surface area contributed by atoms with Crippen molar-refractivity contribution in [3.63, 3.8) is 0 Å². The van der Waals surface area contributed by atoms with Gasteiger partial charge in [0.15, 0.2) is 0 Å². The number of aromatic nitrogens is 1. The van der Waals surface area contributed by atoms with Gasteiger partial charge < -0.3 is 0 Å². The number of fused-ring (bicyclic) bond motifs is 1. The van der Waals surface area contributed by atoms with E-state index in [1.165, 1.54) is 0 Å². The zero-order valence-electron chi connectivity index (χ0n) is 6.50. The maximum Gasteiger partial charge on any atom is 0.259 e. The molecular formula is C8H5FN2O2. The fourth-order valence-corrected chi connectivity index (χ4v) is 1.20. The van der Waals surface area contributed by atoms with Gasteiger partial charge in [-0.25, -0.2) is 4.39 Å². The van der Waals surface area contributed by atoms with Gasteiger partial charge in [-0.15, -0.1) is 0 Å². The number of pyridine rings is 1. The third kappa shape index (κ3) is 1.28. The highest BCUT2D eigenvalue weighted by atomic mass is 19.1. The molecule has 0 saturated heterocycles. The van der Waals surface area contributed by atoms with E-state index in [0.717, 1.165) is 12.3 Å². The molecule has 13 heavy (non-hydrogen) atoms. The number of rotatable bonds is 0. The SMILES string of the molecule is O=C1Cc2ncc(F)cc2C(=O)N1. The molecule has 0 radical (unpaired) electrons. The van der Waals surface area contributed by atoms with E-state index in [0.29, 0.717) is 5.69 Å².